The van der Waals surface area contributed by atoms with Crippen LogP contribution in [0.25, 0.3) is 0 Å². The van der Waals surface area contributed by atoms with Gasteiger partial charge in [0.25, 0.3) is 0 Å². The van der Waals surface area contributed by atoms with Crippen LogP contribution >= 0.6 is 15.9 Å². The number of carbonyl (C=O) groups is 2. The van der Waals surface area contributed by atoms with E-state index >= 15 is 0 Å². The zero-order valence-corrected chi connectivity index (χ0v) is 14.9. The molecule has 1 amide bonds. The number of halogens is 1. The number of benzene rings is 1. The summed E-state index contributed by atoms with van der Waals surface area (Å²) in [6.45, 7) is 1.84. The average Bonchev–Trinajstić information content (AvgIpc) is 2.50. The van der Waals surface area contributed by atoms with Gasteiger partial charge >= 0.3 is 5.97 Å². The number of sulfone groups is 1. The van der Waals surface area contributed by atoms with E-state index in [2.05, 4.69) is 26.2 Å². The minimum Gasteiger partial charge on any atom is -0.478 e. The zero-order valence-electron chi connectivity index (χ0n) is 12.5. The van der Waals surface area contributed by atoms with Crippen molar-refractivity contribution in [3.8, 4) is 0 Å². The Morgan fingerprint density at radius 1 is 1.25 bits per heavy atom. The van der Waals surface area contributed by atoms with Gasteiger partial charge in [0.05, 0.1) is 5.56 Å². The summed E-state index contributed by atoms with van der Waals surface area (Å²) in [5.41, 5.74) is 1.23. The zero-order chi connectivity index (χ0) is 17.9. The summed E-state index contributed by atoms with van der Waals surface area (Å²) in [6.07, 6.45) is 0.936. The summed E-state index contributed by atoms with van der Waals surface area (Å²) in [7, 11) is -3.97. The van der Waals surface area contributed by atoms with E-state index in [4.69, 9.17) is 5.11 Å². The van der Waals surface area contributed by atoms with Crippen molar-refractivity contribution >= 4 is 43.3 Å². The first-order valence-electron chi connectivity index (χ1n) is 6.67. The van der Waals surface area contributed by atoms with Crippen molar-refractivity contribution in [3.05, 3.63) is 52.1 Å². The van der Waals surface area contributed by atoms with Gasteiger partial charge in [-0.1, -0.05) is 15.9 Å². The van der Waals surface area contributed by atoms with E-state index in [1.54, 1.807) is 18.2 Å². The topological polar surface area (TPSA) is 113 Å². The lowest BCUT2D eigenvalue weighted by atomic mass is 10.2. The lowest BCUT2D eigenvalue weighted by Crippen LogP contribution is -2.23. The van der Waals surface area contributed by atoms with Crippen LogP contribution < -0.4 is 5.32 Å². The third kappa shape index (κ3) is 4.39. The Morgan fingerprint density at radius 3 is 2.50 bits per heavy atom. The average molecular weight is 413 g/mol. The summed E-state index contributed by atoms with van der Waals surface area (Å²) in [6, 6.07) is 7.27. The molecule has 0 fully saturated rings. The Balaban J connectivity index is 2.11. The molecule has 0 unspecified atom stereocenters. The molecule has 0 aliphatic carbocycles. The van der Waals surface area contributed by atoms with Gasteiger partial charge in [0.1, 0.15) is 5.75 Å². The number of aryl methyl sites for hydroxylation is 1. The van der Waals surface area contributed by atoms with Gasteiger partial charge in [-0.3, -0.25) is 4.79 Å². The molecular weight excluding hydrogens is 400 g/mol. The maximum Gasteiger partial charge on any atom is 0.337 e. The Kier molecular flexibility index (Phi) is 5.35. The molecule has 1 heterocycles. The monoisotopic (exact) mass is 412 g/mol. The summed E-state index contributed by atoms with van der Waals surface area (Å²) in [5.74, 6) is -2.71. The lowest BCUT2D eigenvalue weighted by molar-refractivity contribution is -0.113. The Hall–Kier alpha value is -2.26. The van der Waals surface area contributed by atoms with Gasteiger partial charge in [0.15, 0.2) is 5.03 Å². The molecule has 2 aromatic rings. The highest BCUT2D eigenvalue weighted by Crippen LogP contribution is 2.20. The number of amides is 1. The highest BCUT2D eigenvalue weighted by molar-refractivity contribution is 9.10. The molecule has 7 nitrogen and oxygen atoms in total. The second kappa shape index (κ2) is 7.10. The number of carboxylic acid groups (broad SMARTS) is 1. The lowest BCUT2D eigenvalue weighted by Gasteiger charge is -2.08. The molecule has 0 saturated heterocycles. The van der Waals surface area contributed by atoms with Crippen molar-refractivity contribution in [1.82, 2.24) is 4.98 Å². The third-order valence-corrected chi connectivity index (χ3v) is 5.48. The van der Waals surface area contributed by atoms with Gasteiger partial charge in [0, 0.05) is 16.4 Å². The normalized spacial score (nSPS) is 11.1. The second-order valence-corrected chi connectivity index (χ2v) is 7.75. The van der Waals surface area contributed by atoms with Crippen molar-refractivity contribution in [1.29, 1.82) is 0 Å². The van der Waals surface area contributed by atoms with Gasteiger partial charge in [-0.15, -0.1) is 0 Å². The summed E-state index contributed by atoms with van der Waals surface area (Å²) in [4.78, 5) is 26.3. The number of hydrogen-bond donors (Lipinski definition) is 2. The van der Waals surface area contributed by atoms with Crippen LogP contribution in [0.5, 0.6) is 0 Å². The predicted octanol–water partition coefficient (Wildman–Crippen LogP) is 2.26. The van der Waals surface area contributed by atoms with Gasteiger partial charge in [0.2, 0.25) is 15.7 Å². The molecule has 0 radical (unpaired) electrons. The van der Waals surface area contributed by atoms with Crippen molar-refractivity contribution in [2.24, 2.45) is 0 Å². The summed E-state index contributed by atoms with van der Waals surface area (Å²) >= 11 is 3.33. The quantitative estimate of drug-likeness (QED) is 0.778. The number of aromatic nitrogens is 1. The fourth-order valence-corrected chi connectivity index (χ4v) is 3.16. The smallest absolute Gasteiger partial charge is 0.337 e. The van der Waals surface area contributed by atoms with Crippen LogP contribution in [0.1, 0.15) is 15.9 Å². The van der Waals surface area contributed by atoms with Crippen LogP contribution in [0, 0.1) is 6.92 Å². The molecule has 2 N–H and O–H groups in total. The van der Waals surface area contributed by atoms with Crippen LogP contribution in [-0.4, -0.2) is 36.1 Å². The third-order valence-electron chi connectivity index (χ3n) is 3.06. The van der Waals surface area contributed by atoms with Crippen LogP contribution in [0.15, 0.2) is 46.0 Å². The maximum absolute atomic E-state index is 12.2. The Morgan fingerprint density at radius 2 is 1.96 bits per heavy atom. The first-order valence-corrected chi connectivity index (χ1v) is 9.11. The molecule has 0 aliphatic rings. The number of aromatic carboxylic acids is 1. The van der Waals surface area contributed by atoms with Crippen molar-refractivity contribution in [2.75, 3.05) is 11.1 Å². The molecule has 1 aromatic carbocycles. The number of hydrogen-bond acceptors (Lipinski definition) is 5. The van der Waals surface area contributed by atoms with Crippen molar-refractivity contribution < 1.29 is 23.1 Å². The largest absolute Gasteiger partial charge is 0.478 e. The van der Waals surface area contributed by atoms with E-state index in [1.807, 2.05) is 6.92 Å². The molecule has 9 heteroatoms. The van der Waals surface area contributed by atoms with Crippen LogP contribution in [0.3, 0.4) is 0 Å². The summed E-state index contributed by atoms with van der Waals surface area (Å²) in [5, 5.41) is 10.9. The van der Waals surface area contributed by atoms with Crippen LogP contribution in [0.2, 0.25) is 0 Å². The van der Waals surface area contributed by atoms with Gasteiger partial charge in [-0.05, 0) is 42.8 Å². The molecule has 126 valence electrons. The molecule has 0 saturated carbocycles. The fraction of sp³-hybridized carbons (Fsp3) is 0.133. The minimum atomic E-state index is -3.97. The molecule has 24 heavy (non-hydrogen) atoms. The highest BCUT2D eigenvalue weighted by Gasteiger charge is 2.21. The molecule has 0 spiro atoms. The predicted molar refractivity (Wildman–Crippen MR) is 90.8 cm³/mol. The van der Waals surface area contributed by atoms with Crippen LogP contribution in [0.4, 0.5) is 5.69 Å². The standard InChI is InChI=1S/C15H13BrN2O5S/c1-9-6-11(3-4-12(9)16)18-13(19)8-24(22,23)14-5-2-10(7-17-14)15(20)21/h2-7H,8H2,1H3,(H,18,19)(H,20,21). The number of rotatable bonds is 5. The molecule has 2 rings (SSSR count). The Bertz CT molecular complexity index is 895. The first kappa shape index (κ1) is 18.1. The minimum absolute atomic E-state index is 0.135. The van der Waals surface area contributed by atoms with E-state index in [-0.39, 0.29) is 10.6 Å². The molecule has 0 bridgehead atoms. The van der Waals surface area contributed by atoms with E-state index in [0.717, 1.165) is 28.4 Å². The van der Waals surface area contributed by atoms with Gasteiger partial charge < -0.3 is 10.4 Å². The van der Waals surface area contributed by atoms with Crippen molar-refractivity contribution in [2.45, 2.75) is 11.9 Å². The van der Waals surface area contributed by atoms with E-state index in [1.165, 1.54) is 0 Å². The number of pyridine rings is 1. The number of carbonyl (C=O) groups excluding carboxylic acids is 1. The molecule has 0 aliphatic heterocycles. The van der Waals surface area contributed by atoms with E-state index < -0.39 is 27.5 Å². The highest BCUT2D eigenvalue weighted by atomic mass is 79.9. The number of nitrogens with one attached hydrogen (secondary N) is 1. The van der Waals surface area contributed by atoms with Crippen molar-refractivity contribution in [3.63, 3.8) is 0 Å². The first-order chi connectivity index (χ1) is 11.2. The molecule has 1 aromatic heterocycles. The van der Waals surface area contributed by atoms with Gasteiger partial charge in [-0.25, -0.2) is 18.2 Å². The van der Waals surface area contributed by atoms with E-state index in [0.29, 0.717) is 5.69 Å². The SMILES string of the molecule is Cc1cc(NC(=O)CS(=O)(=O)c2ccc(C(=O)O)cn2)ccc1Br. The Labute approximate surface area is 146 Å². The second-order valence-electron chi connectivity index (χ2n) is 4.96. The van der Waals surface area contributed by atoms with Gasteiger partial charge in [-0.2, -0.15) is 0 Å². The number of nitrogens with zero attached hydrogens (tertiary/aromatic N) is 1. The van der Waals surface area contributed by atoms with Crippen LogP contribution in [-0.2, 0) is 14.6 Å². The fourth-order valence-electron chi connectivity index (χ4n) is 1.86. The van der Waals surface area contributed by atoms with E-state index in [9.17, 15) is 18.0 Å². The maximum atomic E-state index is 12.2. The number of carboxylic acids is 1. The number of anilines is 1. The molecule has 0 atom stereocenters. The summed E-state index contributed by atoms with van der Waals surface area (Å²) < 4.78 is 25.2. The molecular formula is C15H13BrN2O5S.